The van der Waals surface area contributed by atoms with Crippen molar-refractivity contribution in [3.8, 4) is 11.5 Å². The Balaban J connectivity index is 2.22. The highest BCUT2D eigenvalue weighted by Gasteiger charge is 2.11. The van der Waals surface area contributed by atoms with Gasteiger partial charge in [-0.2, -0.15) is 0 Å². The van der Waals surface area contributed by atoms with E-state index in [0.29, 0.717) is 35.5 Å². The van der Waals surface area contributed by atoms with Crippen LogP contribution in [0, 0.1) is 5.82 Å². The van der Waals surface area contributed by atoms with E-state index in [1.165, 1.54) is 12.1 Å². The summed E-state index contributed by atoms with van der Waals surface area (Å²) >= 11 is 3.33. The molecule has 0 saturated carbocycles. The lowest BCUT2D eigenvalue weighted by atomic mass is 10.1. The van der Waals surface area contributed by atoms with Gasteiger partial charge in [-0.15, -0.1) is 0 Å². The average Bonchev–Trinajstić information content (AvgIpc) is 2.47. The standard InChI is InChI=1S/C16H17BrFNO2/c1-20-15-4-2-3-11(7-8-19)16(15)21-10-12-5-6-13(18)9-14(12)17/h2-6,9H,7-8,10,19H2,1H3. The Kier molecular flexibility index (Phi) is 5.59. The maximum Gasteiger partial charge on any atom is 0.164 e. The normalized spacial score (nSPS) is 10.5. The molecular formula is C16H17BrFNO2. The average molecular weight is 354 g/mol. The van der Waals surface area contributed by atoms with E-state index in [-0.39, 0.29) is 5.82 Å². The van der Waals surface area contributed by atoms with E-state index in [1.807, 2.05) is 18.2 Å². The molecule has 0 radical (unpaired) electrons. The number of benzene rings is 2. The van der Waals surface area contributed by atoms with Crippen molar-refractivity contribution in [2.24, 2.45) is 5.73 Å². The lowest BCUT2D eigenvalue weighted by molar-refractivity contribution is 0.280. The Labute approximate surface area is 132 Å². The predicted molar refractivity (Wildman–Crippen MR) is 84.2 cm³/mol. The topological polar surface area (TPSA) is 44.5 Å². The Hall–Kier alpha value is -1.59. The third kappa shape index (κ3) is 3.95. The van der Waals surface area contributed by atoms with Gasteiger partial charge in [0.05, 0.1) is 7.11 Å². The monoisotopic (exact) mass is 353 g/mol. The summed E-state index contributed by atoms with van der Waals surface area (Å²) in [4.78, 5) is 0. The summed E-state index contributed by atoms with van der Waals surface area (Å²) in [5.74, 6) is 1.06. The Morgan fingerprint density at radius 1 is 1.19 bits per heavy atom. The predicted octanol–water partition coefficient (Wildman–Crippen LogP) is 3.68. The fraction of sp³-hybridized carbons (Fsp3) is 0.250. The molecule has 0 heterocycles. The molecule has 5 heteroatoms. The first-order valence-electron chi connectivity index (χ1n) is 6.58. The van der Waals surface area contributed by atoms with Gasteiger partial charge >= 0.3 is 0 Å². The van der Waals surface area contributed by atoms with Gasteiger partial charge in [0.1, 0.15) is 12.4 Å². The van der Waals surface area contributed by atoms with Gasteiger partial charge in [-0.1, -0.05) is 34.1 Å². The number of rotatable bonds is 6. The first-order valence-corrected chi connectivity index (χ1v) is 7.37. The number of nitrogens with two attached hydrogens (primary N) is 1. The van der Waals surface area contributed by atoms with Gasteiger partial charge < -0.3 is 15.2 Å². The SMILES string of the molecule is COc1cccc(CCN)c1OCc1ccc(F)cc1Br. The third-order valence-electron chi connectivity index (χ3n) is 3.08. The van der Waals surface area contributed by atoms with Crippen LogP contribution in [-0.4, -0.2) is 13.7 Å². The first-order chi connectivity index (χ1) is 10.2. The van der Waals surface area contributed by atoms with E-state index in [2.05, 4.69) is 15.9 Å². The fourth-order valence-electron chi connectivity index (χ4n) is 2.03. The highest BCUT2D eigenvalue weighted by Crippen LogP contribution is 2.32. The molecule has 3 nitrogen and oxygen atoms in total. The molecule has 2 aromatic rings. The molecule has 0 aromatic heterocycles. The second-order valence-corrected chi connectivity index (χ2v) is 5.37. The molecule has 0 bridgehead atoms. The van der Waals surface area contributed by atoms with Gasteiger partial charge in [0.25, 0.3) is 0 Å². The summed E-state index contributed by atoms with van der Waals surface area (Å²) in [6.07, 6.45) is 0.705. The maximum atomic E-state index is 13.1. The zero-order valence-electron chi connectivity index (χ0n) is 11.7. The number of methoxy groups -OCH3 is 1. The van der Waals surface area contributed by atoms with Crippen molar-refractivity contribution in [3.63, 3.8) is 0 Å². The van der Waals surface area contributed by atoms with Crippen LogP contribution >= 0.6 is 15.9 Å². The number of hydrogen-bond donors (Lipinski definition) is 1. The van der Waals surface area contributed by atoms with Crippen molar-refractivity contribution in [3.05, 3.63) is 57.8 Å². The largest absolute Gasteiger partial charge is 0.493 e. The summed E-state index contributed by atoms with van der Waals surface area (Å²) in [6.45, 7) is 0.850. The molecule has 2 N–H and O–H groups in total. The van der Waals surface area contributed by atoms with Gasteiger partial charge in [-0.3, -0.25) is 0 Å². The molecule has 0 aliphatic rings. The summed E-state index contributed by atoms with van der Waals surface area (Å²) < 4.78 is 25.0. The van der Waals surface area contributed by atoms with Gasteiger partial charge in [0, 0.05) is 10.0 Å². The van der Waals surface area contributed by atoms with Gasteiger partial charge in [0.15, 0.2) is 11.5 Å². The van der Waals surface area contributed by atoms with Gasteiger partial charge in [-0.05, 0) is 36.7 Å². The van der Waals surface area contributed by atoms with Crippen molar-refractivity contribution < 1.29 is 13.9 Å². The van der Waals surface area contributed by atoms with Crippen LogP contribution in [0.3, 0.4) is 0 Å². The number of ether oxygens (including phenoxy) is 2. The molecular weight excluding hydrogens is 337 g/mol. The molecule has 2 aromatic carbocycles. The molecule has 0 spiro atoms. The summed E-state index contributed by atoms with van der Waals surface area (Å²) in [7, 11) is 1.60. The molecule has 0 aliphatic heterocycles. The van der Waals surface area contributed by atoms with Crippen LogP contribution in [0.5, 0.6) is 11.5 Å². The molecule has 0 unspecified atom stereocenters. The quantitative estimate of drug-likeness (QED) is 0.861. The second kappa shape index (κ2) is 7.43. The highest BCUT2D eigenvalue weighted by molar-refractivity contribution is 9.10. The van der Waals surface area contributed by atoms with Crippen LogP contribution in [-0.2, 0) is 13.0 Å². The van der Waals surface area contributed by atoms with Crippen LogP contribution in [0.25, 0.3) is 0 Å². The minimum atomic E-state index is -0.285. The number of para-hydroxylation sites is 1. The van der Waals surface area contributed by atoms with Gasteiger partial charge in [-0.25, -0.2) is 4.39 Å². The van der Waals surface area contributed by atoms with Crippen molar-refractivity contribution in [2.75, 3.05) is 13.7 Å². The minimum Gasteiger partial charge on any atom is -0.493 e. The smallest absolute Gasteiger partial charge is 0.164 e. The number of halogens is 2. The van der Waals surface area contributed by atoms with Crippen LogP contribution in [0.4, 0.5) is 4.39 Å². The van der Waals surface area contributed by atoms with Crippen molar-refractivity contribution in [1.82, 2.24) is 0 Å². The molecule has 21 heavy (non-hydrogen) atoms. The van der Waals surface area contributed by atoms with E-state index < -0.39 is 0 Å². The van der Waals surface area contributed by atoms with E-state index in [1.54, 1.807) is 13.2 Å². The van der Waals surface area contributed by atoms with E-state index in [0.717, 1.165) is 11.1 Å². The molecule has 0 amide bonds. The summed E-state index contributed by atoms with van der Waals surface area (Å²) in [5.41, 5.74) is 7.48. The molecule has 112 valence electrons. The fourth-order valence-corrected chi connectivity index (χ4v) is 2.49. The Morgan fingerprint density at radius 2 is 2.00 bits per heavy atom. The zero-order valence-corrected chi connectivity index (χ0v) is 13.3. The molecule has 0 saturated heterocycles. The van der Waals surface area contributed by atoms with Crippen molar-refractivity contribution >= 4 is 15.9 Å². The van der Waals surface area contributed by atoms with E-state index in [9.17, 15) is 4.39 Å². The van der Waals surface area contributed by atoms with Crippen LogP contribution in [0.2, 0.25) is 0 Å². The molecule has 2 rings (SSSR count). The summed E-state index contributed by atoms with van der Waals surface area (Å²) in [5, 5.41) is 0. The second-order valence-electron chi connectivity index (χ2n) is 4.51. The van der Waals surface area contributed by atoms with E-state index >= 15 is 0 Å². The lowest BCUT2D eigenvalue weighted by Gasteiger charge is -2.15. The van der Waals surface area contributed by atoms with Gasteiger partial charge in [0.2, 0.25) is 0 Å². The molecule has 0 fully saturated rings. The van der Waals surface area contributed by atoms with Crippen LogP contribution in [0.15, 0.2) is 40.9 Å². The third-order valence-corrected chi connectivity index (χ3v) is 3.82. The van der Waals surface area contributed by atoms with Crippen molar-refractivity contribution in [2.45, 2.75) is 13.0 Å². The minimum absolute atomic E-state index is 0.285. The van der Waals surface area contributed by atoms with Crippen LogP contribution in [0.1, 0.15) is 11.1 Å². The number of hydrogen-bond acceptors (Lipinski definition) is 3. The summed E-state index contributed by atoms with van der Waals surface area (Å²) in [6, 6.07) is 10.2. The van der Waals surface area contributed by atoms with Crippen molar-refractivity contribution in [1.29, 1.82) is 0 Å². The van der Waals surface area contributed by atoms with E-state index in [4.69, 9.17) is 15.2 Å². The Morgan fingerprint density at radius 3 is 2.67 bits per heavy atom. The highest BCUT2D eigenvalue weighted by atomic mass is 79.9. The zero-order chi connectivity index (χ0) is 15.2. The molecule has 0 aliphatic carbocycles. The first kappa shape index (κ1) is 15.8. The maximum absolute atomic E-state index is 13.1. The lowest BCUT2D eigenvalue weighted by Crippen LogP contribution is -2.07. The van der Waals surface area contributed by atoms with Crippen LogP contribution < -0.4 is 15.2 Å². The Bertz CT molecular complexity index is 619. The molecule has 0 atom stereocenters.